The Morgan fingerprint density at radius 2 is 1.90 bits per heavy atom. The van der Waals surface area contributed by atoms with Gasteiger partial charge in [-0.2, -0.15) is 5.10 Å². The molecule has 0 saturated heterocycles. The summed E-state index contributed by atoms with van der Waals surface area (Å²) in [5.41, 5.74) is 7.13. The molecule has 0 aliphatic heterocycles. The third-order valence-corrected chi connectivity index (χ3v) is 4.66. The molecule has 2 amide bonds. The van der Waals surface area contributed by atoms with E-state index in [1.54, 1.807) is 28.8 Å². The van der Waals surface area contributed by atoms with Crippen molar-refractivity contribution in [2.45, 2.75) is 27.3 Å². The van der Waals surface area contributed by atoms with Gasteiger partial charge < -0.3 is 4.74 Å². The first-order chi connectivity index (χ1) is 14.8. The minimum absolute atomic E-state index is 0.0964. The van der Waals surface area contributed by atoms with Crippen LogP contribution in [-0.2, 0) is 11.3 Å². The highest BCUT2D eigenvalue weighted by Gasteiger charge is 2.14. The number of H-pyrrole nitrogens is 1. The van der Waals surface area contributed by atoms with E-state index < -0.39 is 11.8 Å². The molecular weight excluding hydrogens is 414 g/mol. The van der Waals surface area contributed by atoms with Crippen LogP contribution in [0.25, 0.3) is 11.4 Å². The number of hydrogen-bond acceptors (Lipinski definition) is 5. The second-order valence-corrected chi connectivity index (χ2v) is 7.93. The van der Waals surface area contributed by atoms with Crippen LogP contribution < -0.4 is 15.6 Å². The Morgan fingerprint density at radius 3 is 2.58 bits per heavy atom. The van der Waals surface area contributed by atoms with Crippen molar-refractivity contribution in [2.75, 3.05) is 6.61 Å². The maximum atomic E-state index is 12.4. The molecule has 3 N–H and O–H groups in total. The first kappa shape index (κ1) is 22.2. The molecule has 1 aromatic heterocycles. The zero-order chi connectivity index (χ0) is 22.4. The fourth-order valence-electron chi connectivity index (χ4n) is 2.82. The molecule has 0 fully saturated rings. The van der Waals surface area contributed by atoms with Gasteiger partial charge in [-0.25, -0.2) is 0 Å². The molecule has 0 spiro atoms. The summed E-state index contributed by atoms with van der Waals surface area (Å²) in [6.45, 7) is 6.60. The summed E-state index contributed by atoms with van der Waals surface area (Å²) in [7, 11) is 0. The highest BCUT2D eigenvalue weighted by Crippen LogP contribution is 2.18. The molecular formula is C22H25N5O3S. The van der Waals surface area contributed by atoms with Gasteiger partial charge in [-0.05, 0) is 55.4 Å². The highest BCUT2D eigenvalue weighted by molar-refractivity contribution is 7.71. The summed E-state index contributed by atoms with van der Waals surface area (Å²) in [6.07, 6.45) is 0. The number of amides is 2. The molecule has 9 heteroatoms. The van der Waals surface area contributed by atoms with Crippen LogP contribution in [0.15, 0.2) is 48.5 Å². The van der Waals surface area contributed by atoms with Crippen LogP contribution in [0.2, 0.25) is 0 Å². The standard InChI is InChI=1S/C22H25N5O3S/c1-14(2)13-30-18-9-7-16(8-10-18)21(29)25-23-19(28)12-27-20(24-26-22(27)31)17-6-4-5-15(3)11-17/h4-11,14H,12-13H2,1-3H3,(H,23,28)(H,25,29)(H,26,31). The molecule has 31 heavy (non-hydrogen) atoms. The number of carbonyl (C=O) groups is 2. The number of hydrazine groups is 1. The predicted octanol–water partition coefficient (Wildman–Crippen LogP) is 3.41. The predicted molar refractivity (Wildman–Crippen MR) is 120 cm³/mol. The summed E-state index contributed by atoms with van der Waals surface area (Å²) in [6, 6.07) is 14.4. The van der Waals surface area contributed by atoms with E-state index >= 15 is 0 Å². The molecule has 0 saturated carbocycles. The van der Waals surface area contributed by atoms with Crippen LogP contribution in [0.1, 0.15) is 29.8 Å². The Kier molecular flexibility index (Phi) is 7.19. The maximum Gasteiger partial charge on any atom is 0.269 e. The van der Waals surface area contributed by atoms with Crippen molar-refractivity contribution < 1.29 is 14.3 Å². The summed E-state index contributed by atoms with van der Waals surface area (Å²) < 4.78 is 7.49. The van der Waals surface area contributed by atoms with Crippen molar-refractivity contribution in [1.29, 1.82) is 0 Å². The molecule has 2 aromatic carbocycles. The van der Waals surface area contributed by atoms with Crippen LogP contribution >= 0.6 is 12.2 Å². The molecule has 0 aliphatic rings. The lowest BCUT2D eigenvalue weighted by molar-refractivity contribution is -0.122. The van der Waals surface area contributed by atoms with E-state index in [0.29, 0.717) is 34.4 Å². The summed E-state index contributed by atoms with van der Waals surface area (Å²) >= 11 is 5.25. The van der Waals surface area contributed by atoms with Gasteiger partial charge in [0.05, 0.1) is 6.61 Å². The molecule has 0 bridgehead atoms. The largest absolute Gasteiger partial charge is 0.493 e. The molecule has 8 nitrogen and oxygen atoms in total. The minimum atomic E-state index is -0.434. The van der Waals surface area contributed by atoms with E-state index in [1.165, 1.54) is 0 Å². The van der Waals surface area contributed by atoms with Gasteiger partial charge in [0.25, 0.3) is 11.8 Å². The molecule has 3 aromatic rings. The Balaban J connectivity index is 1.59. The van der Waals surface area contributed by atoms with Crippen LogP contribution in [0, 0.1) is 17.6 Å². The molecule has 0 radical (unpaired) electrons. The topological polar surface area (TPSA) is 101 Å². The first-order valence-corrected chi connectivity index (χ1v) is 10.3. The Bertz CT molecular complexity index is 1120. The third-order valence-electron chi connectivity index (χ3n) is 4.35. The SMILES string of the molecule is Cc1cccc(-c2n[nH]c(=S)n2CC(=O)NNC(=O)c2ccc(OCC(C)C)cc2)c1. The fourth-order valence-corrected chi connectivity index (χ4v) is 3.01. The van der Waals surface area contributed by atoms with E-state index in [4.69, 9.17) is 17.0 Å². The third kappa shape index (κ3) is 6.02. The van der Waals surface area contributed by atoms with Gasteiger partial charge >= 0.3 is 0 Å². The average Bonchev–Trinajstić information content (AvgIpc) is 3.11. The van der Waals surface area contributed by atoms with E-state index in [2.05, 4.69) is 34.9 Å². The quantitative estimate of drug-likeness (QED) is 0.387. The van der Waals surface area contributed by atoms with Crippen LogP contribution in [0.3, 0.4) is 0 Å². The van der Waals surface area contributed by atoms with Gasteiger partial charge in [-0.15, -0.1) is 0 Å². The number of aryl methyl sites for hydroxylation is 1. The van der Waals surface area contributed by atoms with Gasteiger partial charge in [0.1, 0.15) is 12.3 Å². The lowest BCUT2D eigenvalue weighted by Crippen LogP contribution is -2.43. The molecule has 1 heterocycles. The number of rotatable bonds is 7. The van der Waals surface area contributed by atoms with Gasteiger partial charge in [-0.3, -0.25) is 30.1 Å². The van der Waals surface area contributed by atoms with Gasteiger partial charge in [0.2, 0.25) is 0 Å². The number of benzene rings is 2. The van der Waals surface area contributed by atoms with E-state index in [-0.39, 0.29) is 6.54 Å². The summed E-state index contributed by atoms with van der Waals surface area (Å²) in [5.74, 6) is 0.780. The van der Waals surface area contributed by atoms with Gasteiger partial charge in [-0.1, -0.05) is 37.6 Å². The second-order valence-electron chi connectivity index (χ2n) is 7.54. The average molecular weight is 440 g/mol. The van der Waals surface area contributed by atoms with Crippen molar-refractivity contribution in [3.8, 4) is 17.1 Å². The lowest BCUT2D eigenvalue weighted by Gasteiger charge is -2.11. The Labute approximate surface area is 185 Å². The Morgan fingerprint density at radius 1 is 1.16 bits per heavy atom. The zero-order valence-electron chi connectivity index (χ0n) is 17.6. The Hall–Kier alpha value is -3.46. The maximum absolute atomic E-state index is 12.4. The molecule has 0 atom stereocenters. The number of carbonyl (C=O) groups excluding carboxylic acids is 2. The molecule has 162 valence electrons. The smallest absolute Gasteiger partial charge is 0.269 e. The zero-order valence-corrected chi connectivity index (χ0v) is 18.5. The normalized spacial score (nSPS) is 10.7. The first-order valence-electron chi connectivity index (χ1n) is 9.88. The van der Waals surface area contributed by atoms with Crippen molar-refractivity contribution in [3.05, 3.63) is 64.4 Å². The number of aromatic nitrogens is 3. The highest BCUT2D eigenvalue weighted by atomic mass is 32.1. The summed E-state index contributed by atoms with van der Waals surface area (Å²) in [5, 5.41) is 6.93. The lowest BCUT2D eigenvalue weighted by atomic mass is 10.1. The van der Waals surface area contributed by atoms with Crippen molar-refractivity contribution in [1.82, 2.24) is 25.6 Å². The van der Waals surface area contributed by atoms with Crippen LogP contribution in [0.5, 0.6) is 5.75 Å². The van der Waals surface area contributed by atoms with Crippen LogP contribution in [0.4, 0.5) is 0 Å². The van der Waals surface area contributed by atoms with Gasteiger partial charge in [0, 0.05) is 11.1 Å². The van der Waals surface area contributed by atoms with Crippen molar-refractivity contribution >= 4 is 24.0 Å². The van der Waals surface area contributed by atoms with Crippen LogP contribution in [-0.4, -0.2) is 33.2 Å². The van der Waals surface area contributed by atoms with E-state index in [1.807, 2.05) is 31.2 Å². The number of aromatic amines is 1. The summed E-state index contributed by atoms with van der Waals surface area (Å²) in [4.78, 5) is 24.7. The number of nitrogens with one attached hydrogen (secondary N) is 3. The molecule has 3 rings (SSSR count). The van der Waals surface area contributed by atoms with E-state index in [9.17, 15) is 9.59 Å². The van der Waals surface area contributed by atoms with Crippen molar-refractivity contribution in [3.63, 3.8) is 0 Å². The van der Waals surface area contributed by atoms with E-state index in [0.717, 1.165) is 11.1 Å². The number of ether oxygens (including phenoxy) is 1. The number of hydrogen-bond donors (Lipinski definition) is 3. The molecule has 0 aliphatic carbocycles. The number of nitrogens with zero attached hydrogens (tertiary/aromatic N) is 2. The minimum Gasteiger partial charge on any atom is -0.493 e. The molecule has 0 unspecified atom stereocenters. The monoisotopic (exact) mass is 439 g/mol. The second kappa shape index (κ2) is 10.0. The van der Waals surface area contributed by atoms with Crippen molar-refractivity contribution in [2.24, 2.45) is 5.92 Å². The van der Waals surface area contributed by atoms with Gasteiger partial charge in [0.15, 0.2) is 10.6 Å². The fraction of sp³-hybridized carbons (Fsp3) is 0.273.